The van der Waals surface area contributed by atoms with E-state index < -0.39 is 5.82 Å². The van der Waals surface area contributed by atoms with Gasteiger partial charge in [0.05, 0.1) is 0 Å². The van der Waals surface area contributed by atoms with Crippen LogP contribution in [-0.4, -0.2) is 5.78 Å². The van der Waals surface area contributed by atoms with Gasteiger partial charge < -0.3 is 0 Å². The van der Waals surface area contributed by atoms with E-state index in [1.54, 1.807) is 13.0 Å². The number of Topliss-reactive ketones (excluding diaryl/α,β-unsaturated/α-hetero) is 1. The third-order valence-corrected chi connectivity index (χ3v) is 3.22. The third-order valence-electron chi connectivity index (χ3n) is 2.77. The lowest BCUT2D eigenvalue weighted by Gasteiger charge is -2.04. The topological polar surface area (TPSA) is 17.1 Å². The van der Waals surface area contributed by atoms with Gasteiger partial charge in [-0.1, -0.05) is 15.9 Å². The molecule has 0 amide bonds. The Morgan fingerprint density at radius 2 is 1.89 bits per heavy atom. The van der Waals surface area contributed by atoms with Gasteiger partial charge in [0.25, 0.3) is 0 Å². The SMILES string of the molecule is Cc1cc(C(=O)Cc2cc(F)cc(Br)c2)ccc1F. The summed E-state index contributed by atoms with van der Waals surface area (Å²) in [5.74, 6) is -0.905. The maximum absolute atomic E-state index is 13.2. The normalized spacial score (nSPS) is 10.5. The summed E-state index contributed by atoms with van der Waals surface area (Å²) in [6.45, 7) is 1.60. The van der Waals surface area contributed by atoms with Crippen molar-refractivity contribution in [1.29, 1.82) is 0 Å². The fourth-order valence-electron chi connectivity index (χ4n) is 1.82. The number of hydrogen-bond acceptors (Lipinski definition) is 1. The highest BCUT2D eigenvalue weighted by atomic mass is 79.9. The fraction of sp³-hybridized carbons (Fsp3) is 0.133. The Labute approximate surface area is 118 Å². The van der Waals surface area contributed by atoms with Crippen LogP contribution in [0.25, 0.3) is 0 Å². The molecule has 2 aromatic rings. The number of halogens is 3. The molecule has 0 saturated heterocycles. The number of carbonyl (C=O) groups excluding carboxylic acids is 1. The van der Waals surface area contributed by atoms with Crippen molar-refractivity contribution in [2.24, 2.45) is 0 Å². The minimum Gasteiger partial charge on any atom is -0.294 e. The van der Waals surface area contributed by atoms with Crippen LogP contribution < -0.4 is 0 Å². The molecular weight excluding hydrogens is 314 g/mol. The summed E-state index contributed by atoms with van der Waals surface area (Å²) in [6, 6.07) is 8.56. The Bertz CT molecular complexity index is 618. The predicted octanol–water partition coefficient (Wildman–Crippen LogP) is 4.46. The summed E-state index contributed by atoms with van der Waals surface area (Å²) in [7, 11) is 0. The van der Waals surface area contributed by atoms with E-state index in [0.29, 0.717) is 21.2 Å². The Balaban J connectivity index is 2.22. The lowest BCUT2D eigenvalue weighted by atomic mass is 10.0. The van der Waals surface area contributed by atoms with Crippen LogP contribution in [0.15, 0.2) is 40.9 Å². The highest BCUT2D eigenvalue weighted by molar-refractivity contribution is 9.10. The zero-order valence-electron chi connectivity index (χ0n) is 10.2. The van der Waals surface area contributed by atoms with Gasteiger partial charge in [0, 0.05) is 16.5 Å². The van der Waals surface area contributed by atoms with Crippen molar-refractivity contribution in [1.82, 2.24) is 0 Å². The van der Waals surface area contributed by atoms with Gasteiger partial charge in [-0.2, -0.15) is 0 Å². The lowest BCUT2D eigenvalue weighted by Crippen LogP contribution is -2.04. The van der Waals surface area contributed by atoms with Crippen LogP contribution in [0.3, 0.4) is 0 Å². The summed E-state index contributed by atoms with van der Waals surface area (Å²) in [6.07, 6.45) is 0.0848. The first-order chi connectivity index (χ1) is 8.95. The zero-order chi connectivity index (χ0) is 14.0. The molecule has 2 aromatic carbocycles. The third kappa shape index (κ3) is 3.47. The molecule has 2 rings (SSSR count). The molecule has 98 valence electrons. The minimum atomic E-state index is -0.396. The van der Waals surface area contributed by atoms with Crippen LogP contribution in [0, 0.1) is 18.6 Å². The number of carbonyl (C=O) groups is 1. The highest BCUT2D eigenvalue weighted by Gasteiger charge is 2.10. The molecule has 0 aromatic heterocycles. The van der Waals surface area contributed by atoms with Crippen LogP contribution in [-0.2, 0) is 6.42 Å². The van der Waals surface area contributed by atoms with Gasteiger partial charge in [0.15, 0.2) is 5.78 Å². The molecule has 0 unspecified atom stereocenters. The van der Waals surface area contributed by atoms with Crippen molar-refractivity contribution in [3.8, 4) is 0 Å². The van der Waals surface area contributed by atoms with Gasteiger partial charge in [-0.3, -0.25) is 4.79 Å². The monoisotopic (exact) mass is 324 g/mol. The van der Waals surface area contributed by atoms with Gasteiger partial charge in [-0.25, -0.2) is 8.78 Å². The summed E-state index contributed by atoms with van der Waals surface area (Å²) >= 11 is 3.18. The van der Waals surface area contributed by atoms with E-state index in [2.05, 4.69) is 15.9 Å². The number of benzene rings is 2. The molecule has 0 saturated carbocycles. The van der Waals surface area contributed by atoms with Crippen molar-refractivity contribution in [3.05, 3.63) is 69.2 Å². The van der Waals surface area contributed by atoms with Gasteiger partial charge in [0.2, 0.25) is 0 Å². The summed E-state index contributed by atoms with van der Waals surface area (Å²) in [5.41, 5.74) is 1.43. The second-order valence-corrected chi connectivity index (χ2v) is 5.26. The first-order valence-corrected chi connectivity index (χ1v) is 6.49. The summed E-state index contributed by atoms with van der Waals surface area (Å²) in [4.78, 5) is 12.0. The van der Waals surface area contributed by atoms with E-state index >= 15 is 0 Å². The number of rotatable bonds is 3. The molecule has 0 radical (unpaired) electrons. The molecule has 19 heavy (non-hydrogen) atoms. The van der Waals surface area contributed by atoms with E-state index in [0.717, 1.165) is 0 Å². The van der Waals surface area contributed by atoms with Crippen molar-refractivity contribution in [2.75, 3.05) is 0 Å². The van der Waals surface area contributed by atoms with Crippen LogP contribution in [0.4, 0.5) is 8.78 Å². The van der Waals surface area contributed by atoms with Crippen LogP contribution in [0.2, 0.25) is 0 Å². The lowest BCUT2D eigenvalue weighted by molar-refractivity contribution is 0.0993. The zero-order valence-corrected chi connectivity index (χ0v) is 11.8. The van der Waals surface area contributed by atoms with Crippen LogP contribution in [0.1, 0.15) is 21.5 Å². The molecule has 0 N–H and O–H groups in total. The first-order valence-electron chi connectivity index (χ1n) is 5.70. The molecule has 0 bridgehead atoms. The summed E-state index contributed by atoms with van der Waals surface area (Å²) in [5, 5.41) is 0. The predicted molar refractivity (Wildman–Crippen MR) is 73.3 cm³/mol. The molecule has 0 heterocycles. The van der Waals surface area contributed by atoms with Crippen molar-refractivity contribution in [3.63, 3.8) is 0 Å². The second-order valence-electron chi connectivity index (χ2n) is 4.34. The fourth-order valence-corrected chi connectivity index (χ4v) is 2.33. The van der Waals surface area contributed by atoms with E-state index in [4.69, 9.17) is 0 Å². The quantitative estimate of drug-likeness (QED) is 0.762. The first kappa shape index (κ1) is 13.9. The van der Waals surface area contributed by atoms with Crippen LogP contribution in [0.5, 0.6) is 0 Å². The Morgan fingerprint density at radius 3 is 2.53 bits per heavy atom. The van der Waals surface area contributed by atoms with Gasteiger partial charge in [-0.05, 0) is 54.4 Å². The van der Waals surface area contributed by atoms with Crippen molar-refractivity contribution < 1.29 is 13.6 Å². The average Bonchev–Trinajstić information content (AvgIpc) is 2.31. The smallest absolute Gasteiger partial charge is 0.167 e. The van der Waals surface area contributed by atoms with Crippen LogP contribution >= 0.6 is 15.9 Å². The average molecular weight is 325 g/mol. The molecule has 0 atom stereocenters. The molecule has 0 aliphatic heterocycles. The van der Waals surface area contributed by atoms with Gasteiger partial charge in [-0.15, -0.1) is 0 Å². The van der Waals surface area contributed by atoms with E-state index in [1.807, 2.05) is 0 Å². The molecule has 0 aliphatic rings. The molecule has 0 spiro atoms. The highest BCUT2D eigenvalue weighted by Crippen LogP contribution is 2.17. The second kappa shape index (κ2) is 5.61. The summed E-state index contributed by atoms with van der Waals surface area (Å²) < 4.78 is 26.9. The van der Waals surface area contributed by atoms with Crippen molar-refractivity contribution in [2.45, 2.75) is 13.3 Å². The maximum Gasteiger partial charge on any atom is 0.167 e. The van der Waals surface area contributed by atoms with Gasteiger partial charge >= 0.3 is 0 Å². The largest absolute Gasteiger partial charge is 0.294 e. The van der Waals surface area contributed by atoms with E-state index in [9.17, 15) is 13.6 Å². The van der Waals surface area contributed by atoms with Gasteiger partial charge in [0.1, 0.15) is 11.6 Å². The molecule has 0 aliphatic carbocycles. The van der Waals surface area contributed by atoms with E-state index in [-0.39, 0.29) is 18.0 Å². The molecule has 4 heteroatoms. The van der Waals surface area contributed by atoms with Crippen molar-refractivity contribution >= 4 is 21.7 Å². The minimum absolute atomic E-state index is 0.0848. The van der Waals surface area contributed by atoms with E-state index in [1.165, 1.54) is 30.3 Å². The Morgan fingerprint density at radius 1 is 1.16 bits per heavy atom. The molecule has 1 nitrogen and oxygen atoms in total. The number of aryl methyl sites for hydroxylation is 1. The molecular formula is C15H11BrF2O. The Kier molecular flexibility index (Phi) is 4.10. The maximum atomic E-state index is 13.2. The molecule has 0 fully saturated rings. The Hall–Kier alpha value is -1.55. The number of hydrogen-bond donors (Lipinski definition) is 0. The standard InChI is InChI=1S/C15H11BrF2O/c1-9-4-11(2-3-14(9)18)15(19)7-10-5-12(16)8-13(17)6-10/h2-6,8H,7H2,1H3. The number of ketones is 1.